The number of carboxylic acids is 1. The molecule has 0 radical (unpaired) electrons. The second-order valence-corrected chi connectivity index (χ2v) is 7.24. The van der Waals surface area contributed by atoms with Gasteiger partial charge in [-0.15, -0.1) is 12.4 Å². The molecule has 28 heavy (non-hydrogen) atoms. The van der Waals surface area contributed by atoms with Crippen molar-refractivity contribution in [2.24, 2.45) is 5.92 Å². The standard InChI is InChI=1S/C20H28N2O5.ClH/c1-26-15-5-6-16(18(12-15)27-2)17-4-3-9-22(17)19(23)13-21-10-7-14(8-11-21)20(24)25;/h5-6,12,14,17H,3-4,7-11,13H2,1-2H3,(H,24,25);1H. The van der Waals surface area contributed by atoms with Crippen LogP contribution in [-0.2, 0) is 9.59 Å². The third-order valence-electron chi connectivity index (χ3n) is 5.67. The van der Waals surface area contributed by atoms with E-state index in [1.165, 1.54) is 0 Å². The molecule has 1 atom stereocenters. The molecule has 0 spiro atoms. The van der Waals surface area contributed by atoms with Crippen LogP contribution >= 0.6 is 12.4 Å². The molecule has 1 unspecified atom stereocenters. The number of aliphatic carboxylic acids is 1. The molecule has 2 heterocycles. The Hall–Kier alpha value is -1.99. The van der Waals surface area contributed by atoms with Gasteiger partial charge in [0.15, 0.2) is 0 Å². The predicted molar refractivity (Wildman–Crippen MR) is 107 cm³/mol. The average Bonchev–Trinajstić information content (AvgIpc) is 3.17. The first-order valence-electron chi connectivity index (χ1n) is 9.50. The minimum Gasteiger partial charge on any atom is -0.497 e. The van der Waals surface area contributed by atoms with Crippen molar-refractivity contribution in [2.75, 3.05) is 40.4 Å². The normalized spacial score (nSPS) is 20.5. The summed E-state index contributed by atoms with van der Waals surface area (Å²) in [5.41, 5.74) is 1.01. The van der Waals surface area contributed by atoms with Crippen LogP contribution in [0, 0.1) is 5.92 Å². The summed E-state index contributed by atoms with van der Waals surface area (Å²) in [5.74, 6) is 0.560. The molecule has 7 nitrogen and oxygen atoms in total. The summed E-state index contributed by atoms with van der Waals surface area (Å²) >= 11 is 0. The Morgan fingerprint density at radius 3 is 2.43 bits per heavy atom. The number of ether oxygens (including phenoxy) is 2. The number of halogens is 1. The predicted octanol–water partition coefficient (Wildman–Crippen LogP) is 2.59. The van der Waals surface area contributed by atoms with Crippen LogP contribution in [-0.4, -0.2) is 67.2 Å². The second kappa shape index (κ2) is 9.98. The third-order valence-corrected chi connectivity index (χ3v) is 5.67. The highest BCUT2D eigenvalue weighted by molar-refractivity contribution is 5.85. The lowest BCUT2D eigenvalue weighted by atomic mass is 9.97. The van der Waals surface area contributed by atoms with Gasteiger partial charge < -0.3 is 19.5 Å². The number of rotatable bonds is 6. The Balaban J connectivity index is 0.00000280. The molecule has 1 N–H and O–H groups in total. The highest BCUT2D eigenvalue weighted by Crippen LogP contribution is 2.38. The van der Waals surface area contributed by atoms with E-state index in [-0.39, 0.29) is 30.3 Å². The van der Waals surface area contributed by atoms with Crippen LogP contribution in [0.2, 0.25) is 0 Å². The molecule has 3 rings (SSSR count). The van der Waals surface area contributed by atoms with Crippen molar-refractivity contribution >= 4 is 24.3 Å². The van der Waals surface area contributed by atoms with Crippen LogP contribution in [0.5, 0.6) is 11.5 Å². The number of carbonyl (C=O) groups excluding carboxylic acids is 1. The summed E-state index contributed by atoms with van der Waals surface area (Å²) in [5, 5.41) is 9.11. The summed E-state index contributed by atoms with van der Waals surface area (Å²) in [6.45, 7) is 2.41. The Bertz CT molecular complexity index is 691. The number of benzene rings is 1. The third kappa shape index (κ3) is 4.89. The maximum atomic E-state index is 12.9. The summed E-state index contributed by atoms with van der Waals surface area (Å²) in [6.07, 6.45) is 3.10. The highest BCUT2D eigenvalue weighted by atomic mass is 35.5. The molecule has 0 aromatic heterocycles. The summed E-state index contributed by atoms with van der Waals surface area (Å²) in [4.78, 5) is 28.0. The van der Waals surface area contributed by atoms with Crippen molar-refractivity contribution in [2.45, 2.75) is 31.7 Å². The van der Waals surface area contributed by atoms with E-state index in [1.54, 1.807) is 14.2 Å². The van der Waals surface area contributed by atoms with E-state index < -0.39 is 5.97 Å². The lowest BCUT2D eigenvalue weighted by Gasteiger charge is -2.32. The van der Waals surface area contributed by atoms with Gasteiger partial charge in [0.1, 0.15) is 11.5 Å². The fourth-order valence-corrected chi connectivity index (χ4v) is 4.10. The molecule has 8 heteroatoms. The number of hydrogen-bond donors (Lipinski definition) is 1. The molecule has 1 amide bonds. The Labute approximate surface area is 172 Å². The zero-order valence-corrected chi connectivity index (χ0v) is 17.2. The largest absolute Gasteiger partial charge is 0.497 e. The van der Waals surface area contributed by atoms with Crippen molar-refractivity contribution in [1.29, 1.82) is 0 Å². The van der Waals surface area contributed by atoms with Gasteiger partial charge in [-0.25, -0.2) is 0 Å². The number of carbonyl (C=O) groups is 2. The minimum absolute atomic E-state index is 0. The lowest BCUT2D eigenvalue weighted by Crippen LogP contribution is -2.44. The van der Waals surface area contributed by atoms with Crippen LogP contribution in [0.1, 0.15) is 37.3 Å². The van der Waals surface area contributed by atoms with E-state index in [0.717, 1.165) is 36.4 Å². The van der Waals surface area contributed by atoms with Gasteiger partial charge in [-0.2, -0.15) is 0 Å². The van der Waals surface area contributed by atoms with Crippen molar-refractivity contribution < 1.29 is 24.2 Å². The van der Waals surface area contributed by atoms with Crippen molar-refractivity contribution in [3.63, 3.8) is 0 Å². The van der Waals surface area contributed by atoms with Crippen LogP contribution in [0.15, 0.2) is 18.2 Å². The van der Waals surface area contributed by atoms with Gasteiger partial charge in [-0.05, 0) is 50.9 Å². The monoisotopic (exact) mass is 412 g/mol. The molecular weight excluding hydrogens is 384 g/mol. The molecular formula is C20H29ClN2O5. The van der Waals surface area contributed by atoms with E-state index in [2.05, 4.69) is 4.90 Å². The average molecular weight is 413 g/mol. The SMILES string of the molecule is COc1ccc(C2CCCN2C(=O)CN2CCC(C(=O)O)CC2)c(OC)c1.Cl. The van der Waals surface area contributed by atoms with Gasteiger partial charge >= 0.3 is 5.97 Å². The second-order valence-electron chi connectivity index (χ2n) is 7.24. The molecule has 1 aromatic rings. The van der Waals surface area contributed by atoms with Gasteiger partial charge in [-0.1, -0.05) is 0 Å². The number of carboxylic acid groups (broad SMARTS) is 1. The quantitative estimate of drug-likeness (QED) is 0.773. The molecule has 156 valence electrons. The van der Waals surface area contributed by atoms with Crippen LogP contribution < -0.4 is 9.47 Å². The van der Waals surface area contributed by atoms with E-state index in [1.807, 2.05) is 23.1 Å². The van der Waals surface area contributed by atoms with E-state index in [0.29, 0.717) is 32.5 Å². The van der Waals surface area contributed by atoms with Gasteiger partial charge in [0.2, 0.25) is 5.91 Å². The molecule has 0 bridgehead atoms. The first-order valence-corrected chi connectivity index (χ1v) is 9.50. The fourth-order valence-electron chi connectivity index (χ4n) is 4.10. The summed E-state index contributed by atoms with van der Waals surface area (Å²) < 4.78 is 10.8. The summed E-state index contributed by atoms with van der Waals surface area (Å²) in [6, 6.07) is 5.74. The number of hydrogen-bond acceptors (Lipinski definition) is 5. The van der Waals surface area contributed by atoms with E-state index in [9.17, 15) is 9.59 Å². The Kier molecular flexibility index (Phi) is 7.95. The molecule has 2 fully saturated rings. The zero-order chi connectivity index (χ0) is 19.4. The lowest BCUT2D eigenvalue weighted by molar-refractivity contribution is -0.143. The first kappa shape index (κ1) is 22.3. The highest BCUT2D eigenvalue weighted by Gasteiger charge is 2.33. The maximum absolute atomic E-state index is 12.9. The Morgan fingerprint density at radius 1 is 1.11 bits per heavy atom. The van der Waals surface area contributed by atoms with Crippen LogP contribution in [0.3, 0.4) is 0 Å². The van der Waals surface area contributed by atoms with Gasteiger partial charge in [0.25, 0.3) is 0 Å². The molecule has 2 saturated heterocycles. The van der Waals surface area contributed by atoms with Crippen molar-refractivity contribution in [1.82, 2.24) is 9.80 Å². The smallest absolute Gasteiger partial charge is 0.306 e. The maximum Gasteiger partial charge on any atom is 0.306 e. The van der Waals surface area contributed by atoms with E-state index >= 15 is 0 Å². The van der Waals surface area contributed by atoms with Crippen LogP contribution in [0.4, 0.5) is 0 Å². The van der Waals surface area contributed by atoms with Crippen molar-refractivity contribution in [3.05, 3.63) is 23.8 Å². The number of methoxy groups -OCH3 is 2. The molecule has 0 saturated carbocycles. The van der Waals surface area contributed by atoms with Gasteiger partial charge in [-0.3, -0.25) is 14.5 Å². The number of likely N-dealkylation sites (tertiary alicyclic amines) is 2. The minimum atomic E-state index is -0.729. The molecule has 0 aliphatic carbocycles. The van der Waals surface area contributed by atoms with Crippen LogP contribution in [0.25, 0.3) is 0 Å². The van der Waals surface area contributed by atoms with Gasteiger partial charge in [0, 0.05) is 18.2 Å². The molecule has 2 aliphatic heterocycles. The molecule has 1 aromatic carbocycles. The Morgan fingerprint density at radius 2 is 1.82 bits per heavy atom. The fraction of sp³-hybridized carbons (Fsp3) is 0.600. The number of amides is 1. The molecule has 2 aliphatic rings. The van der Waals surface area contributed by atoms with E-state index in [4.69, 9.17) is 14.6 Å². The number of nitrogens with zero attached hydrogens (tertiary/aromatic N) is 2. The first-order chi connectivity index (χ1) is 13.0. The van der Waals surface area contributed by atoms with Gasteiger partial charge in [0.05, 0.1) is 32.7 Å². The van der Waals surface area contributed by atoms with Crippen molar-refractivity contribution in [3.8, 4) is 11.5 Å². The topological polar surface area (TPSA) is 79.3 Å². The number of piperidine rings is 1. The zero-order valence-electron chi connectivity index (χ0n) is 16.4. The summed E-state index contributed by atoms with van der Waals surface area (Å²) in [7, 11) is 3.25.